The first-order chi connectivity index (χ1) is 10.2. The fourth-order valence-corrected chi connectivity index (χ4v) is 2.46. The third kappa shape index (κ3) is 2.65. The molecule has 21 heavy (non-hydrogen) atoms. The number of rotatable bonds is 2. The molecule has 1 heterocycles. The second-order valence-electron chi connectivity index (χ2n) is 4.64. The zero-order valence-electron chi connectivity index (χ0n) is 11.4. The molecular formula is C17H13ClO3. The Kier molecular flexibility index (Phi) is 3.67. The van der Waals surface area contributed by atoms with Crippen molar-refractivity contribution < 1.29 is 14.3 Å². The van der Waals surface area contributed by atoms with Crippen molar-refractivity contribution in [2.24, 2.45) is 0 Å². The normalized spacial score (nSPS) is 13.0. The van der Waals surface area contributed by atoms with E-state index >= 15 is 0 Å². The Labute approximate surface area is 127 Å². The molecule has 0 bridgehead atoms. The second-order valence-corrected chi connectivity index (χ2v) is 5.07. The molecular weight excluding hydrogens is 288 g/mol. The quantitative estimate of drug-likeness (QED) is 0.788. The van der Waals surface area contributed by atoms with E-state index in [1.165, 1.54) is 7.11 Å². The van der Waals surface area contributed by atoms with Gasteiger partial charge in [0.2, 0.25) is 0 Å². The summed E-state index contributed by atoms with van der Waals surface area (Å²) < 4.78 is 10.4. The molecule has 0 N–H and O–H groups in total. The summed E-state index contributed by atoms with van der Waals surface area (Å²) in [5.74, 6) is 0.397. The number of esters is 1. The number of benzene rings is 2. The van der Waals surface area contributed by atoms with Crippen LogP contribution in [0.15, 0.2) is 48.5 Å². The van der Waals surface area contributed by atoms with Crippen LogP contribution >= 0.6 is 11.6 Å². The summed E-state index contributed by atoms with van der Waals surface area (Å²) in [6.45, 7) is 0.503. The van der Waals surface area contributed by atoms with Crippen molar-refractivity contribution in [1.29, 1.82) is 0 Å². The topological polar surface area (TPSA) is 35.5 Å². The highest BCUT2D eigenvalue weighted by molar-refractivity contribution is 6.30. The van der Waals surface area contributed by atoms with Crippen molar-refractivity contribution in [3.63, 3.8) is 0 Å². The Balaban J connectivity index is 2.08. The highest BCUT2D eigenvalue weighted by Gasteiger charge is 2.18. The van der Waals surface area contributed by atoms with Crippen LogP contribution in [0.5, 0.6) is 5.75 Å². The lowest BCUT2D eigenvalue weighted by molar-refractivity contribution is 0.0600. The molecule has 0 fully saturated rings. The first kappa shape index (κ1) is 13.7. The predicted octanol–water partition coefficient (Wildman–Crippen LogP) is 3.95. The fraction of sp³-hybridized carbons (Fsp3) is 0.118. The summed E-state index contributed by atoms with van der Waals surface area (Å²) in [4.78, 5) is 11.7. The van der Waals surface area contributed by atoms with E-state index in [1.807, 2.05) is 30.3 Å². The minimum absolute atomic E-state index is 0.362. The molecule has 0 atom stereocenters. The lowest BCUT2D eigenvalue weighted by Gasteiger charge is -2.19. The van der Waals surface area contributed by atoms with Crippen LogP contribution in [0.25, 0.3) is 5.57 Å². The maximum Gasteiger partial charge on any atom is 0.337 e. The average Bonchev–Trinajstić information content (AvgIpc) is 2.54. The van der Waals surface area contributed by atoms with Gasteiger partial charge in [-0.2, -0.15) is 0 Å². The Hall–Kier alpha value is -2.26. The monoisotopic (exact) mass is 300 g/mol. The van der Waals surface area contributed by atoms with Crippen molar-refractivity contribution in [1.82, 2.24) is 0 Å². The molecule has 1 aliphatic rings. The summed E-state index contributed by atoms with van der Waals surface area (Å²) in [5.41, 5.74) is 3.44. The molecule has 3 rings (SSSR count). The molecule has 106 valence electrons. The van der Waals surface area contributed by atoms with Crippen LogP contribution in [-0.2, 0) is 4.74 Å². The van der Waals surface area contributed by atoms with Crippen molar-refractivity contribution in [2.75, 3.05) is 13.7 Å². The van der Waals surface area contributed by atoms with Crippen LogP contribution in [0, 0.1) is 0 Å². The molecule has 2 aromatic carbocycles. The summed E-state index contributed by atoms with van der Waals surface area (Å²) in [6, 6.07) is 12.9. The van der Waals surface area contributed by atoms with Gasteiger partial charge in [0.1, 0.15) is 12.4 Å². The molecule has 0 aromatic heterocycles. The number of fused-ring (bicyclic) bond motifs is 1. The molecule has 3 nitrogen and oxygen atoms in total. The molecule has 0 aliphatic carbocycles. The molecule has 0 amide bonds. The van der Waals surface area contributed by atoms with Crippen molar-refractivity contribution in [3.05, 3.63) is 70.3 Å². The maximum absolute atomic E-state index is 11.7. The minimum atomic E-state index is -0.362. The first-order valence-corrected chi connectivity index (χ1v) is 6.88. The van der Waals surface area contributed by atoms with E-state index in [1.54, 1.807) is 18.2 Å². The highest BCUT2D eigenvalue weighted by Crippen LogP contribution is 2.35. The zero-order chi connectivity index (χ0) is 14.8. The van der Waals surface area contributed by atoms with Gasteiger partial charge in [-0.1, -0.05) is 23.7 Å². The molecule has 0 spiro atoms. The average molecular weight is 301 g/mol. The van der Waals surface area contributed by atoms with E-state index in [4.69, 9.17) is 21.1 Å². The van der Waals surface area contributed by atoms with Crippen molar-refractivity contribution in [2.45, 2.75) is 0 Å². The largest absolute Gasteiger partial charge is 0.489 e. The van der Waals surface area contributed by atoms with E-state index in [-0.39, 0.29) is 5.97 Å². The number of hydrogen-bond donors (Lipinski definition) is 0. The van der Waals surface area contributed by atoms with Crippen LogP contribution < -0.4 is 4.74 Å². The van der Waals surface area contributed by atoms with Gasteiger partial charge in [-0.25, -0.2) is 4.79 Å². The third-order valence-electron chi connectivity index (χ3n) is 3.37. The molecule has 0 unspecified atom stereocenters. The van der Waals surface area contributed by atoms with Gasteiger partial charge in [-0.15, -0.1) is 0 Å². The van der Waals surface area contributed by atoms with Gasteiger partial charge >= 0.3 is 5.97 Å². The number of carbonyl (C=O) groups excluding carboxylic acids is 1. The lowest BCUT2D eigenvalue weighted by atomic mass is 9.94. The number of halogens is 1. The zero-order valence-corrected chi connectivity index (χ0v) is 12.2. The fourth-order valence-electron chi connectivity index (χ4n) is 2.34. The molecule has 0 saturated carbocycles. The molecule has 0 radical (unpaired) electrons. The number of hydrogen-bond acceptors (Lipinski definition) is 3. The van der Waals surface area contributed by atoms with Gasteiger partial charge in [-0.3, -0.25) is 0 Å². The summed E-state index contributed by atoms with van der Waals surface area (Å²) in [5, 5.41) is 0.690. The van der Waals surface area contributed by atoms with Crippen LogP contribution in [0.4, 0.5) is 0 Å². The summed E-state index contributed by atoms with van der Waals surface area (Å²) in [7, 11) is 1.37. The highest BCUT2D eigenvalue weighted by atomic mass is 35.5. The van der Waals surface area contributed by atoms with Crippen LogP contribution in [0.3, 0.4) is 0 Å². The molecule has 2 aromatic rings. The minimum Gasteiger partial charge on any atom is -0.489 e. The predicted molar refractivity (Wildman–Crippen MR) is 81.8 cm³/mol. The Morgan fingerprint density at radius 2 is 1.95 bits per heavy atom. The van der Waals surface area contributed by atoms with E-state index in [2.05, 4.69) is 0 Å². The molecule has 0 saturated heterocycles. The second kappa shape index (κ2) is 5.62. The number of ether oxygens (including phenoxy) is 2. The molecule has 4 heteroatoms. The van der Waals surface area contributed by atoms with Crippen LogP contribution in [-0.4, -0.2) is 19.7 Å². The van der Waals surface area contributed by atoms with Crippen LogP contribution in [0.2, 0.25) is 5.02 Å². The summed E-state index contributed by atoms with van der Waals surface area (Å²) >= 11 is 5.93. The van der Waals surface area contributed by atoms with Crippen molar-refractivity contribution in [3.8, 4) is 5.75 Å². The smallest absolute Gasteiger partial charge is 0.337 e. The Morgan fingerprint density at radius 3 is 2.67 bits per heavy atom. The number of methoxy groups -OCH3 is 1. The van der Waals surface area contributed by atoms with E-state index in [9.17, 15) is 4.79 Å². The first-order valence-electron chi connectivity index (χ1n) is 6.50. The third-order valence-corrected chi connectivity index (χ3v) is 3.62. The SMILES string of the molecule is COC(=O)c1ccc2c(c1)C(c1ccc(Cl)cc1)=CCO2. The van der Waals surface area contributed by atoms with Gasteiger partial charge in [0.25, 0.3) is 0 Å². The van der Waals surface area contributed by atoms with Gasteiger partial charge in [-0.05, 0) is 47.5 Å². The van der Waals surface area contributed by atoms with E-state index in [0.717, 1.165) is 22.4 Å². The van der Waals surface area contributed by atoms with Gasteiger partial charge in [0, 0.05) is 10.6 Å². The molecule has 1 aliphatic heterocycles. The van der Waals surface area contributed by atoms with Gasteiger partial charge < -0.3 is 9.47 Å². The van der Waals surface area contributed by atoms with E-state index in [0.29, 0.717) is 17.2 Å². The Morgan fingerprint density at radius 1 is 1.19 bits per heavy atom. The maximum atomic E-state index is 11.7. The van der Waals surface area contributed by atoms with E-state index < -0.39 is 0 Å². The van der Waals surface area contributed by atoms with Gasteiger partial charge in [0.15, 0.2) is 0 Å². The van der Waals surface area contributed by atoms with Crippen molar-refractivity contribution >= 4 is 23.1 Å². The van der Waals surface area contributed by atoms with Gasteiger partial charge in [0.05, 0.1) is 12.7 Å². The number of carbonyl (C=O) groups is 1. The lowest BCUT2D eigenvalue weighted by Crippen LogP contribution is -2.08. The summed E-state index contributed by atoms with van der Waals surface area (Å²) in [6.07, 6.45) is 1.99. The van der Waals surface area contributed by atoms with Crippen LogP contribution in [0.1, 0.15) is 21.5 Å². The standard InChI is InChI=1S/C17H13ClO3/c1-20-17(19)12-4-7-16-15(10-12)14(8-9-21-16)11-2-5-13(18)6-3-11/h2-8,10H,9H2,1H3. The Bertz CT molecular complexity index is 717.